The van der Waals surface area contributed by atoms with Crippen molar-refractivity contribution in [2.45, 2.75) is 6.92 Å². The molecule has 2 aromatic rings. The first-order valence-electron chi connectivity index (χ1n) is 8.42. The highest BCUT2D eigenvalue weighted by Crippen LogP contribution is 2.29. The molecule has 8 heteroatoms. The van der Waals surface area contributed by atoms with E-state index in [2.05, 4.69) is 15.6 Å². The van der Waals surface area contributed by atoms with Gasteiger partial charge < -0.3 is 24.8 Å². The predicted octanol–water partition coefficient (Wildman–Crippen LogP) is 3.44. The van der Waals surface area contributed by atoms with Crippen LogP contribution in [0.15, 0.2) is 41.4 Å². The van der Waals surface area contributed by atoms with E-state index in [-0.39, 0.29) is 12.4 Å². The lowest BCUT2D eigenvalue weighted by molar-refractivity contribution is 0.325. The van der Waals surface area contributed by atoms with Crippen LogP contribution in [0, 0.1) is 11.6 Å². The zero-order valence-electron chi connectivity index (χ0n) is 15.5. The summed E-state index contributed by atoms with van der Waals surface area (Å²) in [6.07, 6.45) is 0. The van der Waals surface area contributed by atoms with Gasteiger partial charge in [-0.2, -0.15) is 0 Å². The Kier molecular flexibility index (Phi) is 7.66. The van der Waals surface area contributed by atoms with Crippen LogP contribution >= 0.6 is 0 Å². The summed E-state index contributed by atoms with van der Waals surface area (Å²) in [6, 6.07) is 8.82. The summed E-state index contributed by atoms with van der Waals surface area (Å²) in [4.78, 5) is 4.39. The smallest absolute Gasteiger partial charge is 0.195 e. The van der Waals surface area contributed by atoms with E-state index in [0.29, 0.717) is 30.5 Å². The molecular formula is C19H23F2N3O3. The van der Waals surface area contributed by atoms with Crippen LogP contribution in [0.4, 0.5) is 14.5 Å². The zero-order valence-corrected chi connectivity index (χ0v) is 15.5. The Morgan fingerprint density at radius 1 is 1.00 bits per heavy atom. The molecule has 2 N–H and O–H groups in total. The minimum absolute atomic E-state index is 0.216. The third kappa shape index (κ3) is 6.02. The van der Waals surface area contributed by atoms with E-state index < -0.39 is 11.6 Å². The second kappa shape index (κ2) is 10.2. The van der Waals surface area contributed by atoms with Gasteiger partial charge in [0, 0.05) is 24.4 Å². The maximum atomic E-state index is 13.2. The number of benzene rings is 2. The van der Waals surface area contributed by atoms with Crippen LogP contribution in [0.2, 0.25) is 0 Å². The second-order valence-corrected chi connectivity index (χ2v) is 5.38. The van der Waals surface area contributed by atoms with E-state index in [9.17, 15) is 8.78 Å². The minimum atomic E-state index is -0.945. The molecule has 0 amide bonds. The summed E-state index contributed by atoms with van der Waals surface area (Å²) < 4.78 is 41.9. The van der Waals surface area contributed by atoms with E-state index in [4.69, 9.17) is 14.2 Å². The molecule has 0 saturated carbocycles. The molecule has 2 rings (SSSR count). The van der Waals surface area contributed by atoms with Crippen LogP contribution in [-0.2, 0) is 0 Å². The summed E-state index contributed by atoms with van der Waals surface area (Å²) in [5, 5.41) is 6.27. The van der Waals surface area contributed by atoms with Crippen molar-refractivity contribution >= 4 is 11.6 Å². The fourth-order valence-electron chi connectivity index (χ4n) is 2.25. The largest absolute Gasteiger partial charge is 0.493 e. The lowest BCUT2D eigenvalue weighted by atomic mass is 10.3. The molecule has 0 bridgehead atoms. The molecule has 146 valence electrons. The number of methoxy groups -OCH3 is 2. The number of aliphatic imine (C=N–C) groups is 1. The Morgan fingerprint density at radius 3 is 2.44 bits per heavy atom. The zero-order chi connectivity index (χ0) is 19.6. The van der Waals surface area contributed by atoms with Crippen molar-refractivity contribution in [2.24, 2.45) is 4.99 Å². The van der Waals surface area contributed by atoms with E-state index in [0.717, 1.165) is 17.8 Å². The van der Waals surface area contributed by atoms with Crippen molar-refractivity contribution in [3.8, 4) is 17.2 Å². The molecule has 27 heavy (non-hydrogen) atoms. The van der Waals surface area contributed by atoms with Crippen LogP contribution in [0.1, 0.15) is 6.92 Å². The quantitative estimate of drug-likeness (QED) is 0.418. The molecule has 0 aliphatic carbocycles. The van der Waals surface area contributed by atoms with E-state index in [1.807, 2.05) is 13.0 Å². The molecule has 0 aliphatic rings. The summed E-state index contributed by atoms with van der Waals surface area (Å²) in [5.41, 5.74) is 0.772. The third-order valence-corrected chi connectivity index (χ3v) is 3.51. The van der Waals surface area contributed by atoms with E-state index in [1.54, 1.807) is 26.4 Å². The normalized spacial score (nSPS) is 11.1. The molecule has 2 aromatic carbocycles. The monoisotopic (exact) mass is 379 g/mol. The molecule has 0 radical (unpaired) electrons. The van der Waals surface area contributed by atoms with E-state index in [1.165, 1.54) is 6.07 Å². The van der Waals surface area contributed by atoms with Gasteiger partial charge in [0.25, 0.3) is 0 Å². The van der Waals surface area contributed by atoms with Crippen LogP contribution in [0.25, 0.3) is 0 Å². The van der Waals surface area contributed by atoms with Gasteiger partial charge in [-0.15, -0.1) is 0 Å². The predicted molar refractivity (Wildman–Crippen MR) is 101 cm³/mol. The van der Waals surface area contributed by atoms with Crippen LogP contribution in [0.5, 0.6) is 17.2 Å². The number of halogens is 2. The number of hydrogen-bond donors (Lipinski definition) is 2. The topological polar surface area (TPSA) is 64.1 Å². The summed E-state index contributed by atoms with van der Waals surface area (Å²) >= 11 is 0. The van der Waals surface area contributed by atoms with Gasteiger partial charge in [0.15, 0.2) is 29.1 Å². The molecule has 0 atom stereocenters. The molecular weight excluding hydrogens is 356 g/mol. The molecule has 0 spiro atoms. The number of guanidine groups is 1. The molecule has 0 aliphatic heterocycles. The molecule has 0 fully saturated rings. The first kappa shape index (κ1) is 20.3. The number of rotatable bonds is 8. The Hall–Kier alpha value is -3.03. The molecule has 6 nitrogen and oxygen atoms in total. The Labute approximate surface area is 157 Å². The fraction of sp³-hybridized carbons (Fsp3) is 0.316. The average molecular weight is 379 g/mol. The van der Waals surface area contributed by atoms with Gasteiger partial charge in [0.2, 0.25) is 0 Å². The summed E-state index contributed by atoms with van der Waals surface area (Å²) in [6.45, 7) is 3.15. The number of ether oxygens (including phenoxy) is 3. The fourth-order valence-corrected chi connectivity index (χ4v) is 2.25. The van der Waals surface area contributed by atoms with Crippen molar-refractivity contribution in [3.63, 3.8) is 0 Å². The molecule has 0 saturated heterocycles. The third-order valence-electron chi connectivity index (χ3n) is 3.51. The number of hydrogen-bond acceptors (Lipinski definition) is 4. The highest BCUT2D eigenvalue weighted by molar-refractivity contribution is 5.93. The van der Waals surface area contributed by atoms with Crippen molar-refractivity contribution < 1.29 is 23.0 Å². The maximum Gasteiger partial charge on any atom is 0.195 e. The first-order chi connectivity index (χ1) is 13.1. The average Bonchev–Trinajstić information content (AvgIpc) is 2.67. The molecule has 0 heterocycles. The number of nitrogens with zero attached hydrogens (tertiary/aromatic N) is 1. The van der Waals surface area contributed by atoms with Gasteiger partial charge in [-0.1, -0.05) is 0 Å². The van der Waals surface area contributed by atoms with Crippen LogP contribution in [0.3, 0.4) is 0 Å². The lowest BCUT2D eigenvalue weighted by Gasteiger charge is -2.14. The number of anilines is 1. The highest BCUT2D eigenvalue weighted by Gasteiger charge is 2.06. The Bertz CT molecular complexity index is 785. The van der Waals surface area contributed by atoms with E-state index >= 15 is 0 Å². The molecule has 0 aromatic heterocycles. The van der Waals surface area contributed by atoms with Crippen molar-refractivity contribution in [1.82, 2.24) is 5.32 Å². The summed E-state index contributed by atoms with van der Waals surface area (Å²) in [5.74, 6) is 0.180. The van der Waals surface area contributed by atoms with Gasteiger partial charge in [-0.3, -0.25) is 0 Å². The van der Waals surface area contributed by atoms with Crippen molar-refractivity contribution in [1.29, 1.82) is 0 Å². The van der Waals surface area contributed by atoms with Gasteiger partial charge in [-0.05, 0) is 31.2 Å². The standard InChI is InChI=1S/C19H23F2N3O3/c1-4-22-19(24-13-5-8-17(25-2)18(11-13)26-3)23-9-10-27-14-6-7-15(20)16(21)12-14/h5-8,11-12H,4,9-10H2,1-3H3,(H2,22,23,24). The Balaban J connectivity index is 1.96. The summed E-state index contributed by atoms with van der Waals surface area (Å²) in [7, 11) is 3.14. The lowest BCUT2D eigenvalue weighted by Crippen LogP contribution is -2.31. The highest BCUT2D eigenvalue weighted by atomic mass is 19.2. The number of nitrogens with one attached hydrogen (secondary N) is 2. The SMILES string of the molecule is CCNC(=NCCOc1ccc(F)c(F)c1)Nc1ccc(OC)c(OC)c1. The van der Waals surface area contributed by atoms with Gasteiger partial charge >= 0.3 is 0 Å². The maximum absolute atomic E-state index is 13.2. The Morgan fingerprint density at radius 2 is 1.78 bits per heavy atom. The van der Waals surface area contributed by atoms with Gasteiger partial charge in [-0.25, -0.2) is 13.8 Å². The van der Waals surface area contributed by atoms with Crippen LogP contribution in [-0.4, -0.2) is 39.9 Å². The second-order valence-electron chi connectivity index (χ2n) is 5.38. The van der Waals surface area contributed by atoms with Gasteiger partial charge in [0.1, 0.15) is 12.4 Å². The van der Waals surface area contributed by atoms with Gasteiger partial charge in [0.05, 0.1) is 20.8 Å². The first-order valence-corrected chi connectivity index (χ1v) is 8.42. The van der Waals surface area contributed by atoms with Crippen molar-refractivity contribution in [2.75, 3.05) is 39.2 Å². The minimum Gasteiger partial charge on any atom is -0.493 e. The van der Waals surface area contributed by atoms with Crippen LogP contribution < -0.4 is 24.8 Å². The van der Waals surface area contributed by atoms with Crippen molar-refractivity contribution in [3.05, 3.63) is 48.0 Å². The molecule has 0 unspecified atom stereocenters.